The molecule has 0 aliphatic carbocycles. The van der Waals surface area contributed by atoms with Gasteiger partial charge in [0.05, 0.1) is 12.3 Å². The first kappa shape index (κ1) is 31.4. The summed E-state index contributed by atoms with van der Waals surface area (Å²) in [5, 5.41) is 28.5. The lowest BCUT2D eigenvalue weighted by Crippen LogP contribution is -2.45. The minimum Gasteiger partial charge on any atom is -0.465 e. The summed E-state index contributed by atoms with van der Waals surface area (Å²) >= 11 is 0. The number of aliphatic hydroxyl groups is 2. The molecule has 6 atom stereocenters. The van der Waals surface area contributed by atoms with Crippen molar-refractivity contribution in [1.29, 1.82) is 0 Å². The standard InChI is InChI=1S/C27H35N6O8P/c1-17(25(36)38-14-13-26(2,3)4)32-42(37,41-18-9-7-6-8-10-18)39-15-27(29-5)23(35)21(34)22(40-27)19-11-12-20-24(28)30-16-31-33(19)20/h6-12,16-17,21-23,34-35H,13-15H2,1-4H3,(H,32,37)(H2,28,30,31)/t17-,21-,22-,23-,27+,42-/m0/s1. The molecule has 0 spiro atoms. The Balaban J connectivity index is 1.54. The Bertz CT molecular complexity index is 1490. The number of benzene rings is 1. The number of nitrogens with one attached hydrogen (secondary N) is 1. The van der Waals surface area contributed by atoms with Crippen molar-refractivity contribution in [3.8, 4) is 5.75 Å². The van der Waals surface area contributed by atoms with Gasteiger partial charge in [0.25, 0.3) is 0 Å². The van der Waals surface area contributed by atoms with Crippen LogP contribution in [0.25, 0.3) is 10.4 Å². The zero-order chi connectivity index (χ0) is 30.7. The summed E-state index contributed by atoms with van der Waals surface area (Å²) in [5.74, 6) is -0.352. The smallest absolute Gasteiger partial charge is 0.459 e. The van der Waals surface area contributed by atoms with Crippen LogP contribution in [0.1, 0.15) is 45.9 Å². The van der Waals surface area contributed by atoms with Crippen molar-refractivity contribution >= 4 is 25.1 Å². The number of hydrogen-bond acceptors (Lipinski definition) is 11. The Morgan fingerprint density at radius 2 is 2.00 bits per heavy atom. The van der Waals surface area contributed by atoms with Gasteiger partial charge < -0.3 is 25.2 Å². The Morgan fingerprint density at radius 1 is 1.29 bits per heavy atom. The number of aliphatic hydroxyl groups excluding tert-OH is 2. The van der Waals surface area contributed by atoms with Crippen LogP contribution >= 0.6 is 7.75 Å². The second-order valence-electron chi connectivity index (χ2n) is 11.1. The highest BCUT2D eigenvalue weighted by molar-refractivity contribution is 7.52. The molecule has 1 fully saturated rings. The lowest BCUT2D eigenvalue weighted by Gasteiger charge is -2.26. The molecule has 1 aliphatic heterocycles. The average Bonchev–Trinajstić information content (AvgIpc) is 3.47. The monoisotopic (exact) mass is 602 g/mol. The average molecular weight is 603 g/mol. The zero-order valence-electron chi connectivity index (χ0n) is 23.7. The first-order valence-corrected chi connectivity index (χ1v) is 14.8. The quantitative estimate of drug-likeness (QED) is 0.143. The van der Waals surface area contributed by atoms with Gasteiger partial charge in [-0.1, -0.05) is 39.0 Å². The second-order valence-corrected chi connectivity index (χ2v) is 12.8. The maximum Gasteiger partial charge on any atom is 0.459 e. The molecule has 226 valence electrons. The van der Waals surface area contributed by atoms with E-state index < -0.39 is 50.4 Å². The Labute approximate surface area is 243 Å². The van der Waals surface area contributed by atoms with Gasteiger partial charge in [0, 0.05) is 0 Å². The molecule has 3 heterocycles. The predicted molar refractivity (Wildman–Crippen MR) is 151 cm³/mol. The number of esters is 1. The fourth-order valence-electron chi connectivity index (χ4n) is 4.22. The molecule has 1 aromatic carbocycles. The van der Waals surface area contributed by atoms with Gasteiger partial charge in [-0.3, -0.25) is 18.9 Å². The third kappa shape index (κ3) is 6.90. The number of nitrogens with zero attached hydrogens (tertiary/aromatic N) is 4. The van der Waals surface area contributed by atoms with Crippen LogP contribution in [0, 0.1) is 12.0 Å². The van der Waals surface area contributed by atoms with Crippen LogP contribution in [0.2, 0.25) is 0 Å². The van der Waals surface area contributed by atoms with E-state index >= 15 is 0 Å². The lowest BCUT2D eigenvalue weighted by atomic mass is 9.93. The topological polar surface area (TPSA) is 184 Å². The summed E-state index contributed by atoms with van der Waals surface area (Å²) in [5.41, 5.74) is 4.37. The summed E-state index contributed by atoms with van der Waals surface area (Å²) in [6, 6.07) is 10.1. The largest absolute Gasteiger partial charge is 0.465 e. The molecule has 0 bridgehead atoms. The highest BCUT2D eigenvalue weighted by atomic mass is 31.2. The third-order valence-electron chi connectivity index (χ3n) is 6.63. The molecule has 15 heteroatoms. The van der Waals surface area contributed by atoms with Crippen molar-refractivity contribution in [2.75, 3.05) is 18.9 Å². The predicted octanol–water partition coefficient (Wildman–Crippen LogP) is 2.88. The van der Waals surface area contributed by atoms with Gasteiger partial charge in [-0.25, -0.2) is 20.6 Å². The van der Waals surface area contributed by atoms with E-state index in [1.165, 1.54) is 29.9 Å². The van der Waals surface area contributed by atoms with Crippen molar-refractivity contribution in [1.82, 2.24) is 19.7 Å². The van der Waals surface area contributed by atoms with E-state index in [9.17, 15) is 19.6 Å². The van der Waals surface area contributed by atoms with Crippen molar-refractivity contribution in [2.45, 2.75) is 64.2 Å². The molecule has 1 aliphatic rings. The summed E-state index contributed by atoms with van der Waals surface area (Å²) in [7, 11) is -4.41. The Hall–Kier alpha value is -3.57. The van der Waals surface area contributed by atoms with Crippen LogP contribution in [0.4, 0.5) is 5.82 Å². The van der Waals surface area contributed by atoms with Crippen molar-refractivity contribution < 1.29 is 38.1 Å². The molecule has 3 aromatic rings. The van der Waals surface area contributed by atoms with Gasteiger partial charge in [-0.05, 0) is 43.0 Å². The van der Waals surface area contributed by atoms with Crippen molar-refractivity contribution in [2.24, 2.45) is 5.41 Å². The highest BCUT2D eigenvalue weighted by Crippen LogP contribution is 2.49. The number of para-hydroxylation sites is 1. The molecular formula is C27H35N6O8P. The maximum atomic E-state index is 14.0. The number of ether oxygens (including phenoxy) is 2. The van der Waals surface area contributed by atoms with Gasteiger partial charge in [0.15, 0.2) is 18.5 Å². The zero-order valence-corrected chi connectivity index (χ0v) is 24.6. The van der Waals surface area contributed by atoms with Crippen LogP contribution < -0.4 is 15.3 Å². The summed E-state index contributed by atoms with van der Waals surface area (Å²) < 4.78 is 37.8. The Morgan fingerprint density at radius 3 is 2.67 bits per heavy atom. The number of rotatable bonds is 11. The molecule has 1 saturated heterocycles. The van der Waals surface area contributed by atoms with Crippen LogP contribution in [-0.2, 0) is 23.4 Å². The lowest BCUT2D eigenvalue weighted by molar-refractivity contribution is -0.146. The van der Waals surface area contributed by atoms with Gasteiger partial charge in [0.2, 0.25) is 0 Å². The SMILES string of the molecule is [C-]#[N+][C@]1(CO[P@@](=O)(N[C@@H](C)C(=O)OCCC(C)(C)C)Oc2ccccc2)O[C@@H](c2ccc3c(N)ncnn23)[C@H](O)[C@@H]1O. The van der Waals surface area contributed by atoms with E-state index in [0.717, 1.165) is 0 Å². The van der Waals surface area contributed by atoms with E-state index in [2.05, 4.69) is 20.0 Å². The van der Waals surface area contributed by atoms with Crippen LogP contribution in [-0.4, -0.2) is 68.0 Å². The fraction of sp³-hybridized carbons (Fsp3) is 0.481. The summed E-state index contributed by atoms with van der Waals surface area (Å²) in [4.78, 5) is 20.0. The number of carbonyl (C=O) groups excluding carboxylic acids is 1. The molecule has 0 amide bonds. The second kappa shape index (κ2) is 12.3. The van der Waals surface area contributed by atoms with Gasteiger partial charge >= 0.3 is 19.4 Å². The van der Waals surface area contributed by atoms with Gasteiger partial charge in [-0.15, -0.1) is 0 Å². The van der Waals surface area contributed by atoms with Crippen LogP contribution in [0.15, 0.2) is 48.8 Å². The molecule has 0 saturated carbocycles. The molecule has 0 radical (unpaired) electrons. The van der Waals surface area contributed by atoms with Crippen molar-refractivity contribution in [3.05, 3.63) is 65.9 Å². The fourth-order valence-corrected chi connectivity index (χ4v) is 5.73. The first-order valence-electron chi connectivity index (χ1n) is 13.2. The maximum absolute atomic E-state index is 14.0. The highest BCUT2D eigenvalue weighted by Gasteiger charge is 2.62. The number of carbonyl (C=O) groups is 1. The number of nitrogen functional groups attached to an aromatic ring is 1. The normalized spacial score (nSPS) is 24.5. The summed E-state index contributed by atoms with van der Waals surface area (Å²) in [6.07, 6.45) is -2.77. The van der Waals surface area contributed by atoms with Crippen LogP contribution in [0.3, 0.4) is 0 Å². The minimum atomic E-state index is -4.41. The number of nitrogens with two attached hydrogens (primary N) is 1. The number of aromatic nitrogens is 3. The molecule has 2 aromatic heterocycles. The number of fused-ring (bicyclic) bond motifs is 1. The van der Waals surface area contributed by atoms with E-state index in [4.69, 9.17) is 30.8 Å². The van der Waals surface area contributed by atoms with Gasteiger partial charge in [0.1, 0.15) is 35.8 Å². The Kier molecular flexibility index (Phi) is 9.22. The van der Waals surface area contributed by atoms with Gasteiger partial charge in [-0.2, -0.15) is 10.2 Å². The number of anilines is 1. The summed E-state index contributed by atoms with van der Waals surface area (Å²) in [6.45, 7) is 14.6. The third-order valence-corrected chi connectivity index (χ3v) is 8.25. The molecular weight excluding hydrogens is 567 g/mol. The van der Waals surface area contributed by atoms with Crippen molar-refractivity contribution in [3.63, 3.8) is 0 Å². The molecule has 14 nitrogen and oxygen atoms in total. The molecule has 0 unspecified atom stereocenters. The molecule has 42 heavy (non-hydrogen) atoms. The van der Waals surface area contributed by atoms with E-state index in [-0.39, 0.29) is 23.6 Å². The molecule has 5 N–H and O–H groups in total. The minimum absolute atomic E-state index is 0.0584. The van der Waals surface area contributed by atoms with Crippen LogP contribution in [0.5, 0.6) is 5.75 Å². The van der Waals surface area contributed by atoms with E-state index in [0.29, 0.717) is 17.6 Å². The van der Waals surface area contributed by atoms with E-state index in [1.807, 2.05) is 20.8 Å². The number of hydrogen-bond donors (Lipinski definition) is 4. The van der Waals surface area contributed by atoms with E-state index in [1.54, 1.807) is 30.3 Å². The first-order chi connectivity index (χ1) is 19.8. The molecule has 4 rings (SSSR count).